The molecule has 1 amide bonds. The average molecular weight is 413 g/mol. The second-order valence-electron chi connectivity index (χ2n) is 8.46. The first-order chi connectivity index (χ1) is 13.1. The number of aromatic nitrogens is 1. The molecule has 9 heteroatoms. The smallest absolute Gasteiger partial charge is 0.248 e. The molecule has 3 heterocycles. The number of piperazine rings is 1. The van der Waals surface area contributed by atoms with Crippen molar-refractivity contribution in [2.24, 2.45) is 11.8 Å². The minimum Gasteiger partial charge on any atom is -0.360 e. The molecule has 28 heavy (non-hydrogen) atoms. The molecule has 0 spiro atoms. The van der Waals surface area contributed by atoms with Gasteiger partial charge in [-0.25, -0.2) is 8.42 Å². The van der Waals surface area contributed by atoms with Crippen LogP contribution in [0.1, 0.15) is 38.6 Å². The second-order valence-corrected chi connectivity index (χ2v) is 10.3. The van der Waals surface area contributed by atoms with Gasteiger partial charge in [0.25, 0.3) is 0 Å². The van der Waals surface area contributed by atoms with E-state index in [1.807, 2.05) is 11.8 Å². The number of sulfonamides is 1. The van der Waals surface area contributed by atoms with Crippen LogP contribution in [-0.2, 0) is 14.8 Å². The molecular weight excluding hydrogens is 380 g/mol. The number of rotatable bonds is 4. The third kappa shape index (κ3) is 4.11. The van der Waals surface area contributed by atoms with Crippen molar-refractivity contribution >= 4 is 15.9 Å². The Kier molecular flexibility index (Phi) is 6.17. The molecule has 2 fully saturated rings. The summed E-state index contributed by atoms with van der Waals surface area (Å²) in [5.74, 6) is 1.52. The van der Waals surface area contributed by atoms with Crippen LogP contribution >= 0.6 is 0 Å². The zero-order valence-electron chi connectivity index (χ0n) is 17.5. The van der Waals surface area contributed by atoms with E-state index in [-0.39, 0.29) is 16.8 Å². The highest BCUT2D eigenvalue weighted by Gasteiger charge is 2.36. The second kappa shape index (κ2) is 8.12. The Hall–Kier alpha value is -1.45. The molecule has 2 saturated heterocycles. The van der Waals surface area contributed by atoms with E-state index in [0.29, 0.717) is 49.5 Å². The van der Waals surface area contributed by atoms with E-state index in [4.69, 9.17) is 4.52 Å². The van der Waals surface area contributed by atoms with E-state index in [2.05, 4.69) is 23.9 Å². The molecule has 2 aliphatic rings. The molecule has 158 valence electrons. The molecule has 0 unspecified atom stereocenters. The third-order valence-electron chi connectivity index (χ3n) is 5.92. The van der Waals surface area contributed by atoms with Crippen molar-refractivity contribution in [3.63, 3.8) is 0 Å². The summed E-state index contributed by atoms with van der Waals surface area (Å²) in [6.07, 6.45) is 1.16. The number of carbonyl (C=O) groups is 1. The molecule has 0 saturated carbocycles. The van der Waals surface area contributed by atoms with E-state index in [0.717, 1.165) is 19.5 Å². The fourth-order valence-corrected chi connectivity index (χ4v) is 6.28. The topological polar surface area (TPSA) is 87.0 Å². The van der Waals surface area contributed by atoms with E-state index < -0.39 is 10.0 Å². The summed E-state index contributed by atoms with van der Waals surface area (Å²) in [7, 11) is -3.63. The maximum absolute atomic E-state index is 13.0. The lowest BCUT2D eigenvalue weighted by Crippen LogP contribution is -2.56. The van der Waals surface area contributed by atoms with Gasteiger partial charge in [-0.2, -0.15) is 4.31 Å². The van der Waals surface area contributed by atoms with Crippen molar-refractivity contribution in [2.75, 3.05) is 39.3 Å². The maximum atomic E-state index is 13.0. The third-order valence-corrected chi connectivity index (χ3v) is 8.07. The fraction of sp³-hybridized carbons (Fsp3) is 0.789. The van der Waals surface area contributed by atoms with Crippen LogP contribution < -0.4 is 0 Å². The summed E-state index contributed by atoms with van der Waals surface area (Å²) in [5.41, 5.74) is 0.386. The van der Waals surface area contributed by atoms with Gasteiger partial charge in [0.1, 0.15) is 10.6 Å². The van der Waals surface area contributed by atoms with Crippen LogP contribution in [0.25, 0.3) is 0 Å². The SMILES string of the molecule is Cc1noc(C)c1S(=O)(=O)N1CCN([C@H](C)C(=O)N2C[C@@H](C)C[C@H](C)C2)CC1. The maximum Gasteiger partial charge on any atom is 0.248 e. The number of hydrogen-bond donors (Lipinski definition) is 0. The monoisotopic (exact) mass is 412 g/mol. The molecule has 3 rings (SSSR count). The van der Waals surface area contributed by atoms with Crippen LogP contribution in [0.2, 0.25) is 0 Å². The fourth-order valence-electron chi connectivity index (χ4n) is 4.57. The lowest BCUT2D eigenvalue weighted by atomic mass is 9.91. The Labute approximate surface area is 167 Å². The quantitative estimate of drug-likeness (QED) is 0.745. The highest BCUT2D eigenvalue weighted by molar-refractivity contribution is 7.89. The van der Waals surface area contributed by atoms with Crippen LogP contribution in [0.3, 0.4) is 0 Å². The van der Waals surface area contributed by atoms with Crippen molar-refractivity contribution in [2.45, 2.75) is 52.0 Å². The van der Waals surface area contributed by atoms with E-state index >= 15 is 0 Å². The number of amides is 1. The van der Waals surface area contributed by atoms with Gasteiger partial charge in [-0.05, 0) is 39.0 Å². The van der Waals surface area contributed by atoms with Gasteiger partial charge in [0, 0.05) is 39.3 Å². The molecule has 0 bridgehead atoms. The van der Waals surface area contributed by atoms with Gasteiger partial charge in [0.2, 0.25) is 15.9 Å². The van der Waals surface area contributed by atoms with E-state index in [9.17, 15) is 13.2 Å². The highest BCUT2D eigenvalue weighted by atomic mass is 32.2. The Balaban J connectivity index is 1.62. The molecule has 1 aromatic heterocycles. The van der Waals surface area contributed by atoms with Gasteiger partial charge in [0.05, 0.1) is 6.04 Å². The van der Waals surface area contributed by atoms with Gasteiger partial charge in [-0.1, -0.05) is 19.0 Å². The molecule has 0 radical (unpaired) electrons. The zero-order chi connectivity index (χ0) is 20.6. The minimum atomic E-state index is -3.63. The Bertz CT molecular complexity index is 784. The molecule has 1 aromatic rings. The molecular formula is C19H32N4O4S. The van der Waals surface area contributed by atoms with Gasteiger partial charge in [-0.3, -0.25) is 9.69 Å². The first-order valence-corrected chi connectivity index (χ1v) is 11.5. The normalized spacial score (nSPS) is 26.4. The van der Waals surface area contributed by atoms with Crippen molar-refractivity contribution < 1.29 is 17.7 Å². The molecule has 0 aliphatic carbocycles. The van der Waals surface area contributed by atoms with Gasteiger partial charge in [0.15, 0.2) is 5.76 Å². The molecule has 2 aliphatic heterocycles. The molecule has 3 atom stereocenters. The Morgan fingerprint density at radius 3 is 2.18 bits per heavy atom. The minimum absolute atomic E-state index is 0.153. The summed E-state index contributed by atoms with van der Waals surface area (Å²) in [6.45, 7) is 13.0. The number of aryl methyl sites for hydroxylation is 2. The number of nitrogens with zero attached hydrogens (tertiary/aromatic N) is 4. The van der Waals surface area contributed by atoms with E-state index in [1.165, 1.54) is 4.31 Å². The number of carbonyl (C=O) groups excluding carboxylic acids is 1. The van der Waals surface area contributed by atoms with Crippen molar-refractivity contribution in [1.82, 2.24) is 19.3 Å². The van der Waals surface area contributed by atoms with Crippen molar-refractivity contribution in [1.29, 1.82) is 0 Å². The molecule has 0 aromatic carbocycles. The predicted octanol–water partition coefficient (Wildman–Crippen LogP) is 1.49. The van der Waals surface area contributed by atoms with Crippen LogP contribution in [0.15, 0.2) is 9.42 Å². The van der Waals surface area contributed by atoms with Crippen LogP contribution in [0, 0.1) is 25.7 Å². The number of likely N-dealkylation sites (tertiary alicyclic amines) is 1. The van der Waals surface area contributed by atoms with Gasteiger partial charge < -0.3 is 9.42 Å². The first-order valence-electron chi connectivity index (χ1n) is 10.1. The predicted molar refractivity (Wildman–Crippen MR) is 105 cm³/mol. The summed E-state index contributed by atoms with van der Waals surface area (Å²) < 4.78 is 32.4. The Morgan fingerprint density at radius 1 is 1.11 bits per heavy atom. The van der Waals surface area contributed by atoms with Crippen LogP contribution in [-0.4, -0.2) is 78.9 Å². The van der Waals surface area contributed by atoms with Crippen molar-refractivity contribution in [3.05, 3.63) is 11.5 Å². The Morgan fingerprint density at radius 2 is 1.68 bits per heavy atom. The first kappa shape index (κ1) is 21.3. The lowest BCUT2D eigenvalue weighted by Gasteiger charge is -2.41. The molecule has 8 nitrogen and oxygen atoms in total. The van der Waals surface area contributed by atoms with E-state index in [1.54, 1.807) is 13.8 Å². The molecule has 0 N–H and O–H groups in total. The van der Waals surface area contributed by atoms with Crippen LogP contribution in [0.4, 0.5) is 0 Å². The van der Waals surface area contributed by atoms with Gasteiger partial charge in [-0.15, -0.1) is 0 Å². The summed E-state index contributed by atoms with van der Waals surface area (Å²) in [5, 5.41) is 3.77. The average Bonchev–Trinajstić information content (AvgIpc) is 2.98. The largest absolute Gasteiger partial charge is 0.360 e. The summed E-state index contributed by atoms with van der Waals surface area (Å²) in [6, 6.07) is -0.235. The van der Waals surface area contributed by atoms with Gasteiger partial charge >= 0.3 is 0 Å². The standard InChI is InChI=1S/C19H32N4O4S/c1-13-10-14(2)12-22(11-13)19(24)16(4)21-6-8-23(9-7-21)28(25,26)18-15(3)20-27-17(18)5/h13-14,16H,6-12H2,1-5H3/t13-,14-,16+/m0/s1. The van der Waals surface area contributed by atoms with Crippen molar-refractivity contribution in [3.8, 4) is 0 Å². The zero-order valence-corrected chi connectivity index (χ0v) is 18.3. The summed E-state index contributed by atoms with van der Waals surface area (Å²) >= 11 is 0. The number of hydrogen-bond acceptors (Lipinski definition) is 6. The van der Waals surface area contributed by atoms with Crippen LogP contribution in [0.5, 0.6) is 0 Å². The number of piperidine rings is 1. The highest BCUT2D eigenvalue weighted by Crippen LogP contribution is 2.25. The lowest BCUT2D eigenvalue weighted by molar-refractivity contribution is -0.139. The summed E-state index contributed by atoms with van der Waals surface area (Å²) in [4.78, 5) is 17.2.